The molecule has 0 N–H and O–H groups in total. The van der Waals surface area contributed by atoms with Gasteiger partial charge in [-0.05, 0) is 172 Å². The first-order valence-corrected chi connectivity index (χ1v) is 23.7. The largest absolute Gasteiger partial charge is 3.00 e. The number of carbonyl (C=O) groups is 2. The van der Waals surface area contributed by atoms with Crippen molar-refractivity contribution in [2.45, 2.75) is 13.8 Å². The molecule has 12 aromatic rings. The number of aromatic nitrogens is 24. The molecule has 0 fully saturated rings. The topological polar surface area (TPSA) is 294 Å². The van der Waals surface area contributed by atoms with Gasteiger partial charge in [-0.25, -0.2) is 61.2 Å². The zero-order valence-corrected chi connectivity index (χ0v) is 47.8. The monoisotopic (exact) mass is 1200 g/mol. The Morgan fingerprint density at radius 2 is 0.385 bits per heavy atom. The minimum Gasteiger partial charge on any atom is -0.873 e. The molecular weight excluding hydrogens is 1150 g/mol. The molecule has 0 saturated heterocycles. The summed E-state index contributed by atoms with van der Waals surface area (Å²) in [5.74, 6) is -3.46. The van der Waals surface area contributed by atoms with E-state index >= 15 is 0 Å². The van der Waals surface area contributed by atoms with Gasteiger partial charge in [0.1, 0.15) is 0 Å². The molecule has 0 aliphatic heterocycles. The fourth-order valence-electron chi connectivity index (χ4n) is 8.28. The SMILES string of the molecule is CC1=C([O-])C([O-])=C(C)C(=O)C1=O.[Y+3].[Y+3].c1cnn([BH-](n2cccn2)n2cccn2)c1.c1cnn([BH-](n2cccn2)n2cccn2)c1.c1cnn([BH-](n2cccn2)n2cccn2)c1.c1cnn([BH-](n2cccn2)n2cccn2)c1. The van der Waals surface area contributed by atoms with Crippen LogP contribution in [0.3, 0.4) is 0 Å². The smallest absolute Gasteiger partial charge is 0.873 e. The molecule has 0 spiro atoms. The van der Waals surface area contributed by atoms with Crippen molar-refractivity contribution in [1.29, 1.82) is 0 Å². The Bertz CT molecular complexity index is 2790. The second-order valence-corrected chi connectivity index (χ2v) is 16.8. The predicted molar refractivity (Wildman–Crippen MR) is 276 cm³/mol. The van der Waals surface area contributed by atoms with Crippen LogP contribution in [0.5, 0.6) is 0 Å². The van der Waals surface area contributed by atoms with Crippen molar-refractivity contribution in [2.24, 2.45) is 0 Å². The molecule has 0 unspecified atom stereocenters. The van der Waals surface area contributed by atoms with Crippen molar-refractivity contribution >= 4 is 40.0 Å². The number of rotatable bonds is 12. The Hall–Kier alpha value is -8.59. The van der Waals surface area contributed by atoms with E-state index in [1.807, 2.05) is 202 Å². The van der Waals surface area contributed by atoms with Gasteiger partial charge in [0, 0.05) is 74.4 Å². The molecule has 0 saturated carbocycles. The van der Waals surface area contributed by atoms with Crippen LogP contribution in [0.25, 0.3) is 0 Å². The van der Waals surface area contributed by atoms with Crippen LogP contribution in [0.2, 0.25) is 0 Å². The summed E-state index contributed by atoms with van der Waals surface area (Å²) in [4.78, 5) is 21.8. The van der Waals surface area contributed by atoms with Crippen LogP contribution >= 0.6 is 0 Å². The third-order valence-electron chi connectivity index (χ3n) is 12.0. The minimum atomic E-state index is -1.12. The summed E-state index contributed by atoms with van der Waals surface area (Å²) in [6.45, 7) is 2.37. The van der Waals surface area contributed by atoms with Crippen LogP contribution in [-0.4, -0.2) is 156 Å². The summed E-state index contributed by atoms with van der Waals surface area (Å²) in [6.07, 6.45) is 44.1. The first-order chi connectivity index (χ1) is 37.3. The van der Waals surface area contributed by atoms with Crippen LogP contribution in [0.4, 0.5) is 0 Å². The van der Waals surface area contributed by atoms with E-state index in [9.17, 15) is 19.8 Å². The normalized spacial score (nSPS) is 12.0. The molecule has 384 valence electrons. The Morgan fingerprint density at radius 1 is 0.269 bits per heavy atom. The fourth-order valence-corrected chi connectivity index (χ4v) is 8.28. The van der Waals surface area contributed by atoms with Crippen LogP contribution < -0.4 is 10.2 Å². The molecular formula is C44H46B4N24O4Y2. The quantitative estimate of drug-likeness (QED) is 0.0737. The molecule has 13 rings (SSSR count). The molecule has 12 aromatic heterocycles. The standard InChI is InChI=1S/4C9H10BN6.C8H8O4.2Y/c4*1-4-11-14(7-1)10(15-8-2-5-12-15)16-9-3-6-13-16;1-3-5(9)7(11)4(2)8(12)6(3)10;;/h4*1-10H;9,11H,1-2H3;;/q4*-1;;2*+3/p-2. The zero-order valence-electron chi connectivity index (χ0n) is 42.1. The molecule has 0 atom stereocenters. The van der Waals surface area contributed by atoms with Gasteiger partial charge in [-0.2, -0.15) is 0 Å². The number of allylic oxidation sites excluding steroid dienone is 2. The Kier molecular flexibility index (Phi) is 20.5. The molecule has 78 heavy (non-hydrogen) atoms. The van der Waals surface area contributed by atoms with Gasteiger partial charge in [0.05, 0.1) is 0 Å². The number of Topliss-reactive ketones (excluding diaryl/α,β-unsaturated/α-hetero) is 2. The van der Waals surface area contributed by atoms with Gasteiger partial charge < -0.3 is 65.3 Å². The van der Waals surface area contributed by atoms with Gasteiger partial charge in [0.2, 0.25) is 11.6 Å². The van der Waals surface area contributed by atoms with E-state index in [0.717, 1.165) is 0 Å². The summed E-state index contributed by atoms with van der Waals surface area (Å²) < 4.78 is 22.5. The molecule has 34 heteroatoms. The van der Waals surface area contributed by atoms with E-state index in [2.05, 4.69) is 61.2 Å². The Labute approximate surface area is 495 Å². The molecule has 1 aliphatic rings. The summed E-state index contributed by atoms with van der Waals surface area (Å²) in [5.41, 5.74) is -0.564. The average molecular weight is 1200 g/mol. The first-order valence-electron chi connectivity index (χ1n) is 23.7. The molecule has 0 amide bonds. The van der Waals surface area contributed by atoms with Gasteiger partial charge in [-0.15, -0.1) is 11.5 Å². The first kappa shape index (κ1) is 57.1. The van der Waals surface area contributed by atoms with Gasteiger partial charge in [0.15, 0.2) is 0 Å². The molecule has 12 heterocycles. The number of ketones is 2. The average Bonchev–Trinajstić information content (AvgIpc) is 4.28. The van der Waals surface area contributed by atoms with Crippen LogP contribution in [-0.2, 0) is 75.0 Å². The summed E-state index contributed by atoms with van der Waals surface area (Å²) >= 11 is 0. The van der Waals surface area contributed by atoms with Crippen molar-refractivity contribution in [3.63, 3.8) is 0 Å². The van der Waals surface area contributed by atoms with Gasteiger partial charge in [0.25, 0.3) is 0 Å². The predicted octanol–water partition coefficient (Wildman–Crippen LogP) is -1.85. The van der Waals surface area contributed by atoms with Gasteiger partial charge in [-0.3, -0.25) is 9.59 Å². The molecule has 0 bridgehead atoms. The molecule has 0 aromatic carbocycles. The maximum absolute atomic E-state index is 10.9. The Morgan fingerprint density at radius 3 is 0.474 bits per heavy atom. The number of carbonyl (C=O) groups excluding carboxylic acids is 2. The molecule has 0 radical (unpaired) electrons. The van der Waals surface area contributed by atoms with Crippen LogP contribution in [0, 0.1) is 0 Å². The van der Waals surface area contributed by atoms with E-state index in [-0.39, 0.29) is 76.6 Å². The summed E-state index contributed by atoms with van der Waals surface area (Å²) in [5, 5.41) is 72.9. The van der Waals surface area contributed by atoms with Gasteiger partial charge >= 0.3 is 93.9 Å². The van der Waals surface area contributed by atoms with Crippen molar-refractivity contribution < 1.29 is 85.2 Å². The van der Waals surface area contributed by atoms with Gasteiger partial charge in [-0.1, -0.05) is 0 Å². The molecule has 28 nitrogen and oxygen atoms in total. The van der Waals surface area contributed by atoms with Crippen molar-refractivity contribution in [3.8, 4) is 0 Å². The number of nitrogens with zero attached hydrogens (tertiary/aromatic N) is 24. The fraction of sp³-hybridized carbons (Fsp3) is 0.0455. The second-order valence-electron chi connectivity index (χ2n) is 16.8. The van der Waals surface area contributed by atoms with Crippen LogP contribution in [0.15, 0.2) is 244 Å². The maximum atomic E-state index is 10.9. The van der Waals surface area contributed by atoms with Crippen molar-refractivity contribution in [3.05, 3.63) is 244 Å². The summed E-state index contributed by atoms with van der Waals surface area (Å²) in [6, 6.07) is 22.7. The van der Waals surface area contributed by atoms with Crippen LogP contribution in [0.1, 0.15) is 13.8 Å². The molecule has 1 aliphatic carbocycles. The second kappa shape index (κ2) is 28.0. The van der Waals surface area contributed by atoms with E-state index in [1.165, 1.54) is 13.8 Å². The minimum absolute atomic E-state index is 0. The van der Waals surface area contributed by atoms with Crippen molar-refractivity contribution in [2.75, 3.05) is 0 Å². The van der Waals surface area contributed by atoms with E-state index in [0.29, 0.717) is 0 Å². The summed E-state index contributed by atoms with van der Waals surface area (Å²) in [7, 11) is -4.50. The number of hydrogen-bond acceptors (Lipinski definition) is 16. The third kappa shape index (κ3) is 13.7. The third-order valence-corrected chi connectivity index (χ3v) is 12.0. The van der Waals surface area contributed by atoms with Crippen molar-refractivity contribution in [1.82, 2.24) is 116 Å². The van der Waals surface area contributed by atoms with E-state index in [1.54, 1.807) is 74.4 Å². The number of hydrogen-bond donors (Lipinski definition) is 0. The van der Waals surface area contributed by atoms with E-state index < -0.39 is 51.6 Å². The maximum Gasteiger partial charge on any atom is 3.00 e. The Balaban J connectivity index is 0.000000141. The zero-order chi connectivity index (χ0) is 52.6. The van der Waals surface area contributed by atoms with E-state index in [4.69, 9.17) is 0 Å².